The number of anilines is 2. The maximum Gasteiger partial charge on any atom is 0.232 e. The second-order valence-corrected chi connectivity index (χ2v) is 16.0. The van der Waals surface area contributed by atoms with Gasteiger partial charge >= 0.3 is 0 Å². The average molecular weight is 865 g/mol. The molecule has 2 aromatic carbocycles. The fourth-order valence-corrected chi connectivity index (χ4v) is 8.89. The summed E-state index contributed by atoms with van der Waals surface area (Å²) >= 11 is 7.16. The number of allylic oxidation sites excluding steroid dienone is 2. The number of benzene rings is 2. The van der Waals surface area contributed by atoms with Crippen molar-refractivity contribution < 1.29 is 28.7 Å². The Bertz CT molecular complexity index is 1830. The zero-order chi connectivity index (χ0) is 37.9. The zero-order valence-electron chi connectivity index (χ0n) is 30.6. The minimum absolute atomic E-state index is 0.00544. The molecule has 284 valence electrons. The summed E-state index contributed by atoms with van der Waals surface area (Å²) in [6, 6.07) is 12.1. The number of nitrogens with zero attached hydrogens (tertiary/aromatic N) is 6. The summed E-state index contributed by atoms with van der Waals surface area (Å²) < 4.78 is 12.8. The highest BCUT2D eigenvalue weighted by atomic mass is 79.9. The summed E-state index contributed by atoms with van der Waals surface area (Å²) in [6.45, 7) is 9.50. The van der Waals surface area contributed by atoms with Crippen molar-refractivity contribution in [3.8, 4) is 0 Å². The smallest absolute Gasteiger partial charge is 0.232 e. The van der Waals surface area contributed by atoms with Gasteiger partial charge in [-0.25, -0.2) is 9.98 Å². The Balaban J connectivity index is 0.000000167. The van der Waals surface area contributed by atoms with Crippen molar-refractivity contribution in [1.29, 1.82) is 0 Å². The molecule has 2 aromatic rings. The standard InChI is InChI=1S/2C20H22BrN3O3/c2*1-13-9-16-17(21)3-2-4-18(16)24(13)20(26)11-14-10-15(25)12-19(22-14)23-5-7-27-8-6-23/h2*2-4,12-13H,5-11H2,1H3/t2*13-/m10/s1. The van der Waals surface area contributed by atoms with Crippen LogP contribution in [0.2, 0.25) is 0 Å². The first-order valence-corrected chi connectivity index (χ1v) is 20.1. The number of amides is 2. The first kappa shape index (κ1) is 38.3. The minimum Gasteiger partial charge on any atom is -0.378 e. The number of carbonyl (C=O) groups excluding carboxylic acids is 4. The van der Waals surface area contributed by atoms with Crippen LogP contribution in [0.25, 0.3) is 0 Å². The summed E-state index contributed by atoms with van der Waals surface area (Å²) in [4.78, 5) is 67.6. The van der Waals surface area contributed by atoms with Crippen LogP contribution in [-0.4, -0.2) is 109 Å². The SMILES string of the molecule is C[C@@H]1Cc2c(Br)cccc2N1C(=O)CC1=NC(N2CCOCC2)=CC(=O)C1.C[C@H]1Cc2c(Br)cccc2N1C(=O)CC1=NC(N2CCOCC2)=CC(=O)C1. The molecule has 6 heterocycles. The van der Waals surface area contributed by atoms with Crippen LogP contribution in [0.4, 0.5) is 11.4 Å². The van der Waals surface area contributed by atoms with Crippen molar-refractivity contribution in [1.82, 2.24) is 9.80 Å². The zero-order valence-corrected chi connectivity index (χ0v) is 33.7. The van der Waals surface area contributed by atoms with Crippen molar-refractivity contribution in [3.05, 3.63) is 80.3 Å². The molecule has 0 aliphatic carbocycles. The average Bonchev–Trinajstić information content (AvgIpc) is 3.69. The van der Waals surface area contributed by atoms with Crippen LogP contribution in [0.1, 0.15) is 50.7 Å². The third-order valence-electron chi connectivity index (χ3n) is 10.4. The predicted molar refractivity (Wildman–Crippen MR) is 214 cm³/mol. The number of morpholine rings is 2. The highest BCUT2D eigenvalue weighted by Crippen LogP contribution is 2.38. The van der Waals surface area contributed by atoms with Gasteiger partial charge in [0.1, 0.15) is 11.6 Å². The molecule has 2 amide bonds. The maximum absolute atomic E-state index is 13.1. The summed E-state index contributed by atoms with van der Waals surface area (Å²) in [6.07, 6.45) is 5.60. The third kappa shape index (κ3) is 8.46. The molecule has 54 heavy (non-hydrogen) atoms. The van der Waals surface area contributed by atoms with Gasteiger partial charge in [0.15, 0.2) is 11.6 Å². The molecule has 12 nitrogen and oxygen atoms in total. The van der Waals surface area contributed by atoms with Crippen molar-refractivity contribution in [2.45, 2.75) is 64.5 Å². The Hall–Kier alpha value is -3.98. The van der Waals surface area contributed by atoms with E-state index in [2.05, 4.69) is 65.5 Å². The fraction of sp³-hybridized carbons (Fsp3) is 0.450. The van der Waals surface area contributed by atoms with Gasteiger partial charge < -0.3 is 29.1 Å². The van der Waals surface area contributed by atoms with Crippen LogP contribution < -0.4 is 9.80 Å². The predicted octanol–water partition coefficient (Wildman–Crippen LogP) is 5.41. The molecule has 0 unspecified atom stereocenters. The van der Waals surface area contributed by atoms with E-state index in [1.54, 1.807) is 12.2 Å². The number of carbonyl (C=O) groups is 4. The maximum atomic E-state index is 13.1. The Morgan fingerprint density at radius 2 is 1.06 bits per heavy atom. The molecule has 2 atom stereocenters. The van der Waals surface area contributed by atoms with Crippen molar-refractivity contribution >= 4 is 78.0 Å². The minimum atomic E-state index is -0.00544. The molecule has 6 aliphatic rings. The number of hydrogen-bond donors (Lipinski definition) is 0. The van der Waals surface area contributed by atoms with Gasteiger partial charge in [-0.2, -0.15) is 0 Å². The summed E-state index contributed by atoms with van der Waals surface area (Å²) in [5.41, 5.74) is 5.51. The van der Waals surface area contributed by atoms with E-state index in [0.29, 0.717) is 75.7 Å². The summed E-state index contributed by atoms with van der Waals surface area (Å²) in [5, 5.41) is 0. The van der Waals surface area contributed by atoms with E-state index < -0.39 is 0 Å². The molecule has 0 saturated carbocycles. The highest BCUT2D eigenvalue weighted by molar-refractivity contribution is 9.10. The van der Waals surface area contributed by atoms with Crippen LogP contribution in [0, 0.1) is 0 Å². The Labute approximate surface area is 332 Å². The third-order valence-corrected chi connectivity index (χ3v) is 11.9. The van der Waals surface area contributed by atoms with Gasteiger partial charge in [-0.15, -0.1) is 0 Å². The second-order valence-electron chi connectivity index (χ2n) is 14.3. The quantitative estimate of drug-likeness (QED) is 0.378. The number of halogens is 2. The van der Waals surface area contributed by atoms with E-state index in [-0.39, 0.29) is 61.1 Å². The number of rotatable bonds is 6. The summed E-state index contributed by atoms with van der Waals surface area (Å²) in [7, 11) is 0. The first-order valence-electron chi connectivity index (χ1n) is 18.5. The van der Waals surface area contributed by atoms with E-state index in [1.807, 2.05) is 46.2 Å². The molecule has 0 N–H and O–H groups in total. The molecule has 0 bridgehead atoms. The van der Waals surface area contributed by atoms with E-state index in [4.69, 9.17) is 9.47 Å². The molecular weight excluding hydrogens is 820 g/mol. The van der Waals surface area contributed by atoms with Crippen LogP contribution >= 0.6 is 31.9 Å². The molecule has 0 spiro atoms. The van der Waals surface area contributed by atoms with E-state index in [9.17, 15) is 19.2 Å². The number of hydrogen-bond acceptors (Lipinski definition) is 10. The normalized spacial score (nSPS) is 22.4. The van der Waals surface area contributed by atoms with Gasteiger partial charge in [-0.3, -0.25) is 19.2 Å². The Morgan fingerprint density at radius 1 is 0.667 bits per heavy atom. The lowest BCUT2D eigenvalue weighted by atomic mass is 10.1. The molecule has 8 rings (SSSR count). The number of ether oxygens (including phenoxy) is 2. The summed E-state index contributed by atoms with van der Waals surface area (Å²) in [5.74, 6) is 1.33. The molecule has 14 heteroatoms. The Morgan fingerprint density at radius 3 is 1.44 bits per heavy atom. The van der Waals surface area contributed by atoms with Crippen LogP contribution in [-0.2, 0) is 41.5 Å². The van der Waals surface area contributed by atoms with Crippen LogP contribution in [0.15, 0.2) is 79.1 Å². The van der Waals surface area contributed by atoms with Crippen molar-refractivity contribution in [2.75, 3.05) is 62.4 Å². The molecule has 0 aromatic heterocycles. The molecule has 0 radical (unpaired) electrons. The van der Waals surface area contributed by atoms with Crippen LogP contribution in [0.3, 0.4) is 0 Å². The lowest BCUT2D eigenvalue weighted by Crippen LogP contribution is -2.38. The Kier molecular flexibility index (Phi) is 11.9. The second kappa shape index (κ2) is 16.8. The molecule has 6 aliphatic heterocycles. The van der Waals surface area contributed by atoms with Gasteiger partial charge in [0.05, 0.1) is 39.3 Å². The lowest BCUT2D eigenvalue weighted by molar-refractivity contribution is -0.118. The lowest BCUT2D eigenvalue weighted by Gasteiger charge is -2.30. The number of ketones is 2. The molecule has 2 fully saturated rings. The van der Waals surface area contributed by atoms with Gasteiger partial charge in [0, 0.05) is 95.0 Å². The largest absolute Gasteiger partial charge is 0.378 e. The number of fused-ring (bicyclic) bond motifs is 2. The topological polar surface area (TPSA) is 124 Å². The molecular formula is C40H44Br2N6O6. The van der Waals surface area contributed by atoms with E-state index in [0.717, 1.165) is 44.3 Å². The van der Waals surface area contributed by atoms with Crippen molar-refractivity contribution in [3.63, 3.8) is 0 Å². The first-order chi connectivity index (χ1) is 26.0. The van der Waals surface area contributed by atoms with Gasteiger partial charge in [-0.1, -0.05) is 44.0 Å². The molecule has 2 saturated heterocycles. The van der Waals surface area contributed by atoms with Crippen LogP contribution in [0.5, 0.6) is 0 Å². The van der Waals surface area contributed by atoms with E-state index in [1.165, 1.54) is 0 Å². The number of aliphatic imine (C=N–C) groups is 2. The van der Waals surface area contributed by atoms with Crippen molar-refractivity contribution in [2.24, 2.45) is 9.98 Å². The van der Waals surface area contributed by atoms with Gasteiger partial charge in [-0.05, 0) is 62.1 Å². The fourth-order valence-electron chi connectivity index (χ4n) is 7.85. The van der Waals surface area contributed by atoms with E-state index >= 15 is 0 Å². The van der Waals surface area contributed by atoms with Gasteiger partial charge in [0.2, 0.25) is 11.8 Å². The van der Waals surface area contributed by atoms with Gasteiger partial charge in [0.25, 0.3) is 0 Å². The monoisotopic (exact) mass is 862 g/mol. The highest BCUT2D eigenvalue weighted by Gasteiger charge is 2.35.